The van der Waals surface area contributed by atoms with Gasteiger partial charge in [-0.1, -0.05) is 0 Å². The third kappa shape index (κ3) is 4.29. The van der Waals surface area contributed by atoms with E-state index in [-0.39, 0.29) is 11.7 Å². The van der Waals surface area contributed by atoms with Gasteiger partial charge in [0, 0.05) is 16.0 Å². The van der Waals surface area contributed by atoms with Gasteiger partial charge >= 0.3 is 6.61 Å². The van der Waals surface area contributed by atoms with Gasteiger partial charge < -0.3 is 14.2 Å². The summed E-state index contributed by atoms with van der Waals surface area (Å²) in [4.78, 5) is 17.9. The van der Waals surface area contributed by atoms with E-state index in [4.69, 9.17) is 9.47 Å². The Bertz CT molecular complexity index is 1040. The van der Waals surface area contributed by atoms with E-state index in [1.165, 1.54) is 23.5 Å². The molecule has 0 fully saturated rings. The fourth-order valence-corrected chi connectivity index (χ4v) is 3.70. The van der Waals surface area contributed by atoms with Crippen molar-refractivity contribution in [1.29, 1.82) is 0 Å². The fourth-order valence-electron chi connectivity index (χ4n) is 2.87. The number of alkyl halides is 2. The molecule has 6 nitrogen and oxygen atoms in total. The van der Waals surface area contributed by atoms with Crippen molar-refractivity contribution in [3.63, 3.8) is 0 Å². The predicted molar refractivity (Wildman–Crippen MR) is 104 cm³/mol. The number of rotatable bonds is 5. The van der Waals surface area contributed by atoms with Gasteiger partial charge in [-0.25, -0.2) is 4.98 Å². The summed E-state index contributed by atoms with van der Waals surface area (Å²) >= 11 is 1.33. The summed E-state index contributed by atoms with van der Waals surface area (Å²) in [6, 6.07) is 11.2. The van der Waals surface area contributed by atoms with E-state index in [1.54, 1.807) is 30.3 Å². The lowest BCUT2D eigenvalue weighted by atomic mass is 10.1. The number of nitrogens with one attached hydrogen (secondary N) is 1. The van der Waals surface area contributed by atoms with Crippen LogP contribution in [0.2, 0.25) is 0 Å². The van der Waals surface area contributed by atoms with E-state index in [1.807, 2.05) is 6.92 Å². The first kappa shape index (κ1) is 19.1. The molecule has 0 unspecified atom stereocenters. The van der Waals surface area contributed by atoms with Crippen molar-refractivity contribution < 1.29 is 27.8 Å². The molecule has 0 bridgehead atoms. The van der Waals surface area contributed by atoms with Crippen molar-refractivity contribution in [3.05, 3.63) is 52.9 Å². The van der Waals surface area contributed by atoms with Gasteiger partial charge in [-0.2, -0.15) is 8.78 Å². The maximum absolute atomic E-state index is 12.6. The minimum absolute atomic E-state index is 0.0729. The summed E-state index contributed by atoms with van der Waals surface area (Å²) in [5, 5.41) is 3.22. The Hall–Kier alpha value is -3.20. The Kier molecular flexibility index (Phi) is 5.30. The second kappa shape index (κ2) is 8.04. The number of ether oxygens (including phenoxy) is 3. The Morgan fingerprint density at radius 3 is 2.59 bits per heavy atom. The molecule has 1 aliphatic rings. The number of anilines is 1. The van der Waals surface area contributed by atoms with Crippen molar-refractivity contribution in [3.8, 4) is 28.5 Å². The van der Waals surface area contributed by atoms with Gasteiger partial charge in [0.05, 0.1) is 5.69 Å². The molecule has 0 spiro atoms. The molecule has 1 aliphatic heterocycles. The summed E-state index contributed by atoms with van der Waals surface area (Å²) in [6.07, 6.45) is 0. The monoisotopic (exact) mass is 418 g/mol. The zero-order chi connectivity index (χ0) is 20.4. The molecular weight excluding hydrogens is 402 g/mol. The zero-order valence-corrected chi connectivity index (χ0v) is 16.1. The van der Waals surface area contributed by atoms with E-state index >= 15 is 0 Å². The number of carbonyl (C=O) groups is 1. The molecule has 150 valence electrons. The lowest BCUT2D eigenvalue weighted by Gasteiger charge is -2.18. The number of fused-ring (bicyclic) bond motifs is 1. The van der Waals surface area contributed by atoms with E-state index < -0.39 is 6.61 Å². The van der Waals surface area contributed by atoms with Crippen LogP contribution in [0.1, 0.15) is 15.2 Å². The van der Waals surface area contributed by atoms with Gasteiger partial charge in [0.1, 0.15) is 19.0 Å². The lowest BCUT2D eigenvalue weighted by molar-refractivity contribution is -0.0498. The largest absolute Gasteiger partial charge is 0.486 e. The number of aromatic nitrogens is 1. The fraction of sp³-hybridized carbons (Fsp3) is 0.200. The first-order chi connectivity index (χ1) is 14.0. The van der Waals surface area contributed by atoms with Gasteiger partial charge in [0.25, 0.3) is 5.91 Å². The lowest BCUT2D eigenvalue weighted by Crippen LogP contribution is -2.17. The minimum atomic E-state index is -2.87. The van der Waals surface area contributed by atoms with Gasteiger partial charge in [0.2, 0.25) is 0 Å². The molecule has 2 aromatic carbocycles. The van der Waals surface area contributed by atoms with E-state index in [2.05, 4.69) is 15.0 Å². The van der Waals surface area contributed by atoms with Crippen molar-refractivity contribution in [2.45, 2.75) is 13.5 Å². The van der Waals surface area contributed by atoms with Gasteiger partial charge in [0.15, 0.2) is 16.6 Å². The normalized spacial score (nSPS) is 12.7. The highest BCUT2D eigenvalue weighted by atomic mass is 32.1. The third-order valence-corrected chi connectivity index (χ3v) is 5.06. The number of thiazole rings is 1. The zero-order valence-electron chi connectivity index (χ0n) is 15.3. The molecule has 0 saturated carbocycles. The molecule has 1 amide bonds. The SMILES string of the molecule is Cc1sc(NC(=O)c2ccc3c(c2)OCCO3)nc1-c1ccc(OC(F)F)cc1. The maximum Gasteiger partial charge on any atom is 0.387 e. The Morgan fingerprint density at radius 1 is 1.14 bits per heavy atom. The third-order valence-electron chi connectivity index (χ3n) is 4.17. The van der Waals surface area contributed by atoms with Crippen LogP contribution in [0.3, 0.4) is 0 Å². The summed E-state index contributed by atoms with van der Waals surface area (Å²) < 4.78 is 39.9. The number of hydrogen-bond acceptors (Lipinski definition) is 6. The molecule has 4 rings (SSSR count). The average Bonchev–Trinajstić information content (AvgIpc) is 3.07. The van der Waals surface area contributed by atoms with Crippen LogP contribution in [0.4, 0.5) is 13.9 Å². The summed E-state index contributed by atoms with van der Waals surface area (Å²) in [6.45, 7) is -0.0799. The van der Waals surface area contributed by atoms with Crippen LogP contribution >= 0.6 is 11.3 Å². The molecule has 3 aromatic rings. The standard InChI is InChI=1S/C20H16F2N2O4S/c1-11-17(12-2-5-14(6-3-12)28-19(21)22)23-20(29-11)24-18(25)13-4-7-15-16(10-13)27-9-8-26-15/h2-7,10,19H,8-9H2,1H3,(H,23,24,25). The number of nitrogens with zero attached hydrogens (tertiary/aromatic N) is 1. The van der Waals surface area contributed by atoms with Crippen LogP contribution in [0.5, 0.6) is 17.2 Å². The van der Waals surface area contributed by atoms with Gasteiger partial charge in [-0.05, 0) is 49.4 Å². The summed E-state index contributed by atoms with van der Waals surface area (Å²) in [5.41, 5.74) is 1.83. The number of amides is 1. The first-order valence-electron chi connectivity index (χ1n) is 8.73. The van der Waals surface area contributed by atoms with Crippen molar-refractivity contribution in [2.75, 3.05) is 18.5 Å². The highest BCUT2D eigenvalue weighted by Gasteiger charge is 2.17. The topological polar surface area (TPSA) is 69.7 Å². The van der Waals surface area contributed by atoms with Crippen molar-refractivity contribution in [1.82, 2.24) is 4.98 Å². The van der Waals surface area contributed by atoms with Crippen LogP contribution in [0.15, 0.2) is 42.5 Å². The van der Waals surface area contributed by atoms with E-state index in [9.17, 15) is 13.6 Å². The van der Waals surface area contributed by atoms with Crippen LogP contribution in [-0.2, 0) is 0 Å². The van der Waals surface area contributed by atoms with Crippen molar-refractivity contribution in [2.24, 2.45) is 0 Å². The van der Waals surface area contributed by atoms with Gasteiger partial charge in [-0.15, -0.1) is 11.3 Å². The van der Waals surface area contributed by atoms with Crippen LogP contribution in [-0.4, -0.2) is 30.7 Å². The average molecular weight is 418 g/mol. The Morgan fingerprint density at radius 2 is 1.86 bits per heavy atom. The number of halogens is 2. The van der Waals surface area contributed by atoms with Crippen LogP contribution in [0.25, 0.3) is 11.3 Å². The molecule has 2 heterocycles. The smallest absolute Gasteiger partial charge is 0.387 e. The second-order valence-corrected chi connectivity index (χ2v) is 7.34. The minimum Gasteiger partial charge on any atom is -0.486 e. The molecular formula is C20H16F2N2O4S. The Balaban J connectivity index is 1.50. The molecule has 9 heteroatoms. The van der Waals surface area contributed by atoms with Crippen LogP contribution in [0, 0.1) is 6.92 Å². The van der Waals surface area contributed by atoms with E-state index in [0.717, 1.165) is 10.4 Å². The van der Waals surface area contributed by atoms with Gasteiger partial charge in [-0.3, -0.25) is 10.1 Å². The number of benzene rings is 2. The van der Waals surface area contributed by atoms with E-state index in [0.29, 0.717) is 41.1 Å². The first-order valence-corrected chi connectivity index (χ1v) is 9.55. The summed E-state index contributed by atoms with van der Waals surface area (Å²) in [7, 11) is 0. The highest BCUT2D eigenvalue weighted by molar-refractivity contribution is 7.16. The number of aryl methyl sites for hydroxylation is 1. The number of hydrogen-bond donors (Lipinski definition) is 1. The molecule has 0 radical (unpaired) electrons. The molecule has 0 saturated heterocycles. The molecule has 1 N–H and O–H groups in total. The summed E-state index contributed by atoms with van der Waals surface area (Å²) in [5.74, 6) is 0.900. The molecule has 0 aliphatic carbocycles. The Labute approximate surface area is 169 Å². The van der Waals surface area contributed by atoms with Crippen LogP contribution < -0.4 is 19.5 Å². The second-order valence-electron chi connectivity index (χ2n) is 6.14. The van der Waals surface area contributed by atoms with Crippen molar-refractivity contribution >= 4 is 22.4 Å². The predicted octanol–water partition coefficient (Wildman–Crippen LogP) is 4.74. The number of carbonyl (C=O) groups excluding carboxylic acids is 1. The molecule has 29 heavy (non-hydrogen) atoms. The highest BCUT2D eigenvalue weighted by Crippen LogP contribution is 2.33. The quantitative estimate of drug-likeness (QED) is 0.648. The maximum atomic E-state index is 12.6. The molecule has 0 atom stereocenters. The molecule has 1 aromatic heterocycles.